The van der Waals surface area contributed by atoms with Gasteiger partial charge in [-0.05, 0) is 55.2 Å². The standard InChI is InChI=1S/C27H26F2N4O4S/c1-17-3-10-24(11-4-17)38(35,36)33(16-19-5-8-21(9-6-19)27-31-18(2)37-32-27)25(26(30)34)12-7-20-13-22(28)15-23(29)14-20/h3-6,8-11,13-15,25H,7,12,16H2,1-2H3,(H2,30,34). The van der Waals surface area contributed by atoms with Crippen LogP contribution in [0.1, 0.15) is 29.0 Å². The van der Waals surface area contributed by atoms with Crippen molar-refractivity contribution in [3.05, 3.63) is 101 Å². The number of halogens is 2. The zero-order valence-electron chi connectivity index (χ0n) is 20.8. The first-order valence-electron chi connectivity index (χ1n) is 11.8. The molecule has 4 rings (SSSR count). The summed E-state index contributed by atoms with van der Waals surface area (Å²) < 4.78 is 61.0. The molecule has 1 aromatic heterocycles. The van der Waals surface area contributed by atoms with Gasteiger partial charge in [0.1, 0.15) is 17.7 Å². The minimum Gasteiger partial charge on any atom is -0.368 e. The summed E-state index contributed by atoms with van der Waals surface area (Å²) in [6, 6.07) is 14.8. The largest absolute Gasteiger partial charge is 0.368 e. The first kappa shape index (κ1) is 27.1. The lowest BCUT2D eigenvalue weighted by atomic mass is 10.0. The van der Waals surface area contributed by atoms with Gasteiger partial charge in [-0.15, -0.1) is 0 Å². The fourth-order valence-electron chi connectivity index (χ4n) is 4.05. The maximum Gasteiger partial charge on any atom is 0.244 e. The Morgan fingerprint density at radius 2 is 1.61 bits per heavy atom. The van der Waals surface area contributed by atoms with Crippen LogP contribution in [0.3, 0.4) is 0 Å². The fraction of sp³-hybridized carbons (Fsp3) is 0.222. The molecule has 0 aliphatic carbocycles. The molecule has 1 unspecified atom stereocenters. The summed E-state index contributed by atoms with van der Waals surface area (Å²) in [4.78, 5) is 16.8. The molecule has 0 aliphatic heterocycles. The molecule has 8 nitrogen and oxygen atoms in total. The number of benzene rings is 3. The third-order valence-electron chi connectivity index (χ3n) is 6.01. The highest BCUT2D eigenvalue weighted by atomic mass is 32.2. The first-order valence-corrected chi connectivity index (χ1v) is 13.2. The number of hydrogen-bond donors (Lipinski definition) is 1. The lowest BCUT2D eigenvalue weighted by Crippen LogP contribution is -2.47. The van der Waals surface area contributed by atoms with Gasteiger partial charge in [-0.2, -0.15) is 9.29 Å². The molecule has 0 spiro atoms. The van der Waals surface area contributed by atoms with E-state index in [1.165, 1.54) is 12.1 Å². The predicted molar refractivity (Wildman–Crippen MR) is 136 cm³/mol. The predicted octanol–water partition coefficient (Wildman–Crippen LogP) is 4.31. The lowest BCUT2D eigenvalue weighted by Gasteiger charge is -2.29. The Morgan fingerprint density at radius 1 is 0.974 bits per heavy atom. The molecule has 0 fully saturated rings. The highest BCUT2D eigenvalue weighted by Gasteiger charge is 2.35. The first-order chi connectivity index (χ1) is 18.0. The summed E-state index contributed by atoms with van der Waals surface area (Å²) in [5.74, 6) is -1.62. The SMILES string of the molecule is Cc1ccc(S(=O)(=O)N(Cc2ccc(-c3noc(C)n3)cc2)C(CCc2cc(F)cc(F)c2)C(N)=O)cc1. The van der Waals surface area contributed by atoms with E-state index < -0.39 is 33.6 Å². The molecule has 2 N–H and O–H groups in total. The van der Waals surface area contributed by atoms with Crippen molar-refractivity contribution in [1.82, 2.24) is 14.4 Å². The number of aryl methyl sites for hydroxylation is 3. The number of carbonyl (C=O) groups excluding carboxylic acids is 1. The highest BCUT2D eigenvalue weighted by Crippen LogP contribution is 2.25. The molecule has 198 valence electrons. The number of sulfonamides is 1. The van der Waals surface area contributed by atoms with Crippen LogP contribution >= 0.6 is 0 Å². The Balaban J connectivity index is 1.68. The van der Waals surface area contributed by atoms with Crippen molar-refractivity contribution < 1.29 is 26.5 Å². The zero-order valence-corrected chi connectivity index (χ0v) is 21.6. The summed E-state index contributed by atoms with van der Waals surface area (Å²) in [5, 5.41) is 3.87. The van der Waals surface area contributed by atoms with E-state index in [1.54, 1.807) is 43.3 Å². The number of nitrogens with two attached hydrogens (primary N) is 1. The van der Waals surface area contributed by atoms with E-state index in [4.69, 9.17) is 10.3 Å². The van der Waals surface area contributed by atoms with Gasteiger partial charge in [0, 0.05) is 25.1 Å². The third-order valence-corrected chi connectivity index (χ3v) is 7.88. The average molecular weight is 541 g/mol. The molecule has 1 heterocycles. The Kier molecular flexibility index (Phi) is 7.98. The monoisotopic (exact) mass is 540 g/mol. The van der Waals surface area contributed by atoms with Crippen LogP contribution in [0.15, 0.2) is 76.1 Å². The van der Waals surface area contributed by atoms with E-state index in [9.17, 15) is 22.0 Å². The molecule has 0 radical (unpaired) electrons. The maximum absolute atomic E-state index is 13.8. The molecule has 4 aromatic rings. The lowest BCUT2D eigenvalue weighted by molar-refractivity contribution is -0.122. The van der Waals surface area contributed by atoms with E-state index in [0.29, 0.717) is 22.8 Å². The third kappa shape index (κ3) is 6.29. The zero-order chi connectivity index (χ0) is 27.4. The van der Waals surface area contributed by atoms with Crippen LogP contribution in [-0.4, -0.2) is 34.8 Å². The Labute approximate surface area is 219 Å². The van der Waals surface area contributed by atoms with Gasteiger partial charge < -0.3 is 10.3 Å². The second-order valence-corrected chi connectivity index (χ2v) is 10.8. The van der Waals surface area contributed by atoms with Gasteiger partial charge in [0.15, 0.2) is 0 Å². The molecule has 0 saturated heterocycles. The van der Waals surface area contributed by atoms with Crippen LogP contribution in [0, 0.1) is 25.5 Å². The topological polar surface area (TPSA) is 119 Å². The summed E-state index contributed by atoms with van der Waals surface area (Å²) in [6.07, 6.45) is -0.0537. The average Bonchev–Trinajstić information content (AvgIpc) is 3.29. The number of rotatable bonds is 10. The van der Waals surface area contributed by atoms with Crippen molar-refractivity contribution in [2.75, 3.05) is 0 Å². The van der Waals surface area contributed by atoms with Gasteiger partial charge >= 0.3 is 0 Å². The van der Waals surface area contributed by atoms with E-state index >= 15 is 0 Å². The quantitative estimate of drug-likeness (QED) is 0.320. The van der Waals surface area contributed by atoms with E-state index in [0.717, 1.165) is 28.1 Å². The molecule has 0 saturated carbocycles. The van der Waals surface area contributed by atoms with Crippen LogP contribution in [0.2, 0.25) is 0 Å². The Hall–Kier alpha value is -3.96. The van der Waals surface area contributed by atoms with Crippen molar-refractivity contribution in [2.24, 2.45) is 5.73 Å². The van der Waals surface area contributed by atoms with E-state index in [1.807, 2.05) is 6.92 Å². The normalized spacial score (nSPS) is 12.6. The number of carbonyl (C=O) groups is 1. The minimum atomic E-state index is -4.20. The number of hydrogen-bond acceptors (Lipinski definition) is 6. The van der Waals surface area contributed by atoms with Crippen LogP contribution in [-0.2, 0) is 27.8 Å². The second-order valence-electron chi connectivity index (χ2n) is 8.93. The van der Waals surface area contributed by atoms with Crippen LogP contribution in [0.5, 0.6) is 0 Å². The molecule has 0 bridgehead atoms. The van der Waals surface area contributed by atoms with Gasteiger partial charge in [-0.1, -0.05) is 47.1 Å². The van der Waals surface area contributed by atoms with E-state index in [2.05, 4.69) is 10.1 Å². The number of aromatic nitrogens is 2. The molecular weight excluding hydrogens is 514 g/mol. The van der Waals surface area contributed by atoms with Crippen LogP contribution in [0.25, 0.3) is 11.4 Å². The number of primary amides is 1. The van der Waals surface area contributed by atoms with E-state index in [-0.39, 0.29) is 29.8 Å². The van der Waals surface area contributed by atoms with Gasteiger partial charge in [-0.3, -0.25) is 4.79 Å². The fourth-order valence-corrected chi connectivity index (χ4v) is 5.66. The maximum atomic E-state index is 13.8. The number of amides is 1. The molecule has 1 atom stereocenters. The summed E-state index contributed by atoms with van der Waals surface area (Å²) >= 11 is 0. The molecular formula is C27H26F2N4O4S. The molecule has 3 aromatic carbocycles. The van der Waals surface area contributed by atoms with Crippen molar-refractivity contribution >= 4 is 15.9 Å². The Morgan fingerprint density at radius 3 is 2.16 bits per heavy atom. The van der Waals surface area contributed by atoms with Gasteiger partial charge in [0.2, 0.25) is 27.6 Å². The molecule has 0 aliphatic rings. The van der Waals surface area contributed by atoms with Gasteiger partial charge in [-0.25, -0.2) is 17.2 Å². The van der Waals surface area contributed by atoms with Crippen molar-refractivity contribution in [1.29, 1.82) is 0 Å². The Bertz CT molecular complexity index is 1520. The van der Waals surface area contributed by atoms with Crippen molar-refractivity contribution in [3.63, 3.8) is 0 Å². The summed E-state index contributed by atoms with van der Waals surface area (Å²) in [5.41, 5.74) is 8.08. The second kappa shape index (κ2) is 11.2. The minimum absolute atomic E-state index is 0.00922. The molecule has 1 amide bonds. The van der Waals surface area contributed by atoms with Crippen molar-refractivity contribution in [3.8, 4) is 11.4 Å². The van der Waals surface area contributed by atoms with Gasteiger partial charge in [0.05, 0.1) is 4.90 Å². The molecule has 38 heavy (non-hydrogen) atoms. The molecule has 11 heteroatoms. The smallest absolute Gasteiger partial charge is 0.244 e. The highest BCUT2D eigenvalue weighted by molar-refractivity contribution is 7.89. The van der Waals surface area contributed by atoms with Gasteiger partial charge in [0.25, 0.3) is 0 Å². The van der Waals surface area contributed by atoms with Crippen LogP contribution in [0.4, 0.5) is 8.78 Å². The summed E-state index contributed by atoms with van der Waals surface area (Å²) in [6.45, 7) is 3.32. The van der Waals surface area contributed by atoms with Crippen LogP contribution < -0.4 is 5.73 Å². The summed E-state index contributed by atoms with van der Waals surface area (Å²) in [7, 11) is -4.20. The number of nitrogens with zero attached hydrogens (tertiary/aromatic N) is 3. The van der Waals surface area contributed by atoms with Crippen molar-refractivity contribution in [2.45, 2.75) is 44.2 Å².